The van der Waals surface area contributed by atoms with Gasteiger partial charge in [0.25, 0.3) is 0 Å². The molecule has 7 nitrogen and oxygen atoms in total. The molecule has 0 unspecified atom stereocenters. The summed E-state index contributed by atoms with van der Waals surface area (Å²) in [4.78, 5) is 12.8. The van der Waals surface area contributed by atoms with Gasteiger partial charge in [0.2, 0.25) is 21.1 Å². The highest BCUT2D eigenvalue weighted by Gasteiger charge is 2.32. The number of hydrogen-bond acceptors (Lipinski definition) is 7. The van der Waals surface area contributed by atoms with E-state index in [1.807, 2.05) is 30.3 Å². The van der Waals surface area contributed by atoms with Crippen LogP contribution in [0.2, 0.25) is 5.02 Å². The third-order valence-corrected chi connectivity index (χ3v) is 9.32. The van der Waals surface area contributed by atoms with Crippen LogP contribution >= 0.6 is 34.7 Å². The van der Waals surface area contributed by atoms with Crippen molar-refractivity contribution < 1.29 is 13.2 Å². The zero-order valence-corrected chi connectivity index (χ0v) is 20.9. The Kier molecular flexibility index (Phi) is 8.02. The average molecular weight is 523 g/mol. The van der Waals surface area contributed by atoms with Gasteiger partial charge < -0.3 is 5.32 Å². The molecule has 0 saturated carbocycles. The van der Waals surface area contributed by atoms with E-state index in [0.29, 0.717) is 35.1 Å². The highest BCUT2D eigenvalue weighted by molar-refractivity contribution is 8.00. The number of hydrogen-bond donors (Lipinski definition) is 1. The Morgan fingerprint density at radius 3 is 2.73 bits per heavy atom. The van der Waals surface area contributed by atoms with E-state index < -0.39 is 15.9 Å². The van der Waals surface area contributed by atoms with Crippen LogP contribution in [0.25, 0.3) is 0 Å². The first kappa shape index (κ1) is 24.2. The van der Waals surface area contributed by atoms with Gasteiger partial charge in [-0.25, -0.2) is 12.7 Å². The Morgan fingerprint density at radius 2 is 1.94 bits per heavy atom. The van der Waals surface area contributed by atoms with Crippen molar-refractivity contribution >= 4 is 55.8 Å². The molecule has 1 saturated heterocycles. The highest BCUT2D eigenvalue weighted by Crippen LogP contribution is 2.29. The summed E-state index contributed by atoms with van der Waals surface area (Å²) in [5.41, 5.74) is 1.81. The minimum Gasteiger partial charge on any atom is -0.300 e. The molecule has 0 spiro atoms. The molecule has 1 aliphatic heterocycles. The monoisotopic (exact) mass is 522 g/mol. The van der Waals surface area contributed by atoms with Gasteiger partial charge in [-0.1, -0.05) is 77.2 Å². The summed E-state index contributed by atoms with van der Waals surface area (Å²) in [6.07, 6.45) is 1.25. The Hall–Kier alpha value is -1.98. The van der Waals surface area contributed by atoms with Gasteiger partial charge in [-0.2, -0.15) is 0 Å². The van der Waals surface area contributed by atoms with Crippen LogP contribution in [-0.4, -0.2) is 41.9 Å². The van der Waals surface area contributed by atoms with Gasteiger partial charge in [-0.05, 0) is 36.1 Å². The van der Waals surface area contributed by atoms with Crippen molar-refractivity contribution in [2.24, 2.45) is 5.92 Å². The largest absolute Gasteiger partial charge is 0.300 e. The number of halogens is 1. The molecule has 1 aliphatic rings. The van der Waals surface area contributed by atoms with Crippen molar-refractivity contribution in [1.82, 2.24) is 14.5 Å². The van der Waals surface area contributed by atoms with Crippen molar-refractivity contribution in [2.75, 3.05) is 18.4 Å². The van der Waals surface area contributed by atoms with Gasteiger partial charge in [0.05, 0.1) is 11.7 Å². The van der Waals surface area contributed by atoms with Crippen LogP contribution in [0.3, 0.4) is 0 Å². The predicted molar refractivity (Wildman–Crippen MR) is 133 cm³/mol. The first-order valence-electron chi connectivity index (χ1n) is 10.4. The number of piperidine rings is 1. The molecule has 33 heavy (non-hydrogen) atoms. The van der Waals surface area contributed by atoms with Gasteiger partial charge >= 0.3 is 0 Å². The third kappa shape index (κ3) is 6.77. The van der Waals surface area contributed by atoms with E-state index in [0.717, 1.165) is 10.1 Å². The number of carbonyl (C=O) groups is 1. The molecule has 1 fully saturated rings. The summed E-state index contributed by atoms with van der Waals surface area (Å²) in [5.74, 6) is -0.0307. The lowest BCUT2D eigenvalue weighted by atomic mass is 9.99. The Balaban J connectivity index is 1.32. The number of amides is 1. The molecular formula is C22H23ClN4O3S3. The molecule has 0 bridgehead atoms. The Labute approximate surface area is 206 Å². The predicted octanol–water partition coefficient (Wildman–Crippen LogP) is 4.66. The van der Waals surface area contributed by atoms with Gasteiger partial charge in [0.15, 0.2) is 4.34 Å². The normalized spacial score (nSPS) is 17.1. The van der Waals surface area contributed by atoms with Crippen molar-refractivity contribution in [3.8, 4) is 0 Å². The lowest BCUT2D eigenvalue weighted by Crippen LogP contribution is -2.44. The fraction of sp³-hybridized carbons (Fsp3) is 0.318. The molecule has 1 aromatic heterocycles. The number of thioether (sulfide) groups is 1. The zero-order chi connectivity index (χ0) is 23.3. The van der Waals surface area contributed by atoms with Crippen LogP contribution in [0, 0.1) is 5.92 Å². The number of sulfonamides is 1. The standard InChI is InChI=1S/C22H23ClN4O3S3/c23-19-10-4-8-17(12-19)15-33(29,30)27-11-5-9-18(13-27)20(28)24-21-25-26-22(32-21)31-14-16-6-2-1-3-7-16/h1-4,6-8,10,12,18H,5,9,11,13-15H2,(H,24,25,28)/t18-/m0/s1. The molecule has 11 heteroatoms. The number of nitrogens with one attached hydrogen (secondary N) is 1. The Morgan fingerprint density at radius 1 is 1.15 bits per heavy atom. The summed E-state index contributed by atoms with van der Waals surface area (Å²) < 4.78 is 28.0. The average Bonchev–Trinajstić information content (AvgIpc) is 3.25. The molecule has 2 aromatic carbocycles. The quantitative estimate of drug-likeness (QED) is 0.341. The van der Waals surface area contributed by atoms with E-state index in [9.17, 15) is 13.2 Å². The molecule has 1 N–H and O–H groups in total. The molecule has 0 radical (unpaired) electrons. The maximum Gasteiger partial charge on any atom is 0.230 e. The second-order valence-electron chi connectivity index (χ2n) is 7.72. The van der Waals surface area contributed by atoms with E-state index >= 15 is 0 Å². The van der Waals surface area contributed by atoms with Crippen molar-refractivity contribution in [3.63, 3.8) is 0 Å². The first-order chi connectivity index (χ1) is 15.9. The third-order valence-electron chi connectivity index (χ3n) is 5.23. The van der Waals surface area contributed by atoms with Crippen LogP contribution in [0.1, 0.15) is 24.0 Å². The summed E-state index contributed by atoms with van der Waals surface area (Å²) in [5, 5.41) is 11.9. The van der Waals surface area contributed by atoms with Crippen molar-refractivity contribution in [1.29, 1.82) is 0 Å². The topological polar surface area (TPSA) is 92.3 Å². The summed E-state index contributed by atoms with van der Waals surface area (Å²) >= 11 is 8.86. The lowest BCUT2D eigenvalue weighted by Gasteiger charge is -2.31. The van der Waals surface area contributed by atoms with Gasteiger partial charge in [-0.3, -0.25) is 4.79 Å². The molecule has 174 valence electrons. The molecular weight excluding hydrogens is 500 g/mol. The van der Waals surface area contributed by atoms with Crippen LogP contribution in [0.5, 0.6) is 0 Å². The van der Waals surface area contributed by atoms with E-state index in [4.69, 9.17) is 11.6 Å². The maximum absolute atomic E-state index is 12.9. The zero-order valence-electron chi connectivity index (χ0n) is 17.7. The number of nitrogens with zero attached hydrogens (tertiary/aromatic N) is 3. The fourth-order valence-corrected chi connectivity index (χ4v) is 7.10. The highest BCUT2D eigenvalue weighted by atomic mass is 35.5. The number of anilines is 1. The molecule has 1 amide bonds. The number of benzene rings is 2. The van der Waals surface area contributed by atoms with Crippen LogP contribution in [-0.2, 0) is 26.3 Å². The van der Waals surface area contributed by atoms with E-state index in [2.05, 4.69) is 15.5 Å². The summed E-state index contributed by atoms with van der Waals surface area (Å²) in [6.45, 7) is 0.564. The minimum atomic E-state index is -3.56. The van der Waals surface area contributed by atoms with Gasteiger partial charge in [-0.15, -0.1) is 10.2 Å². The minimum absolute atomic E-state index is 0.139. The molecule has 1 atom stereocenters. The number of aromatic nitrogens is 2. The number of rotatable bonds is 8. The van der Waals surface area contributed by atoms with E-state index in [1.165, 1.54) is 21.2 Å². The molecule has 0 aliphatic carbocycles. The SMILES string of the molecule is O=C(Nc1nnc(SCc2ccccc2)s1)[C@H]1CCCN(S(=O)(=O)Cc2cccc(Cl)c2)C1. The first-order valence-corrected chi connectivity index (χ1v) is 14.2. The molecule has 4 rings (SSSR count). The van der Waals surface area contributed by atoms with Crippen LogP contribution in [0.4, 0.5) is 5.13 Å². The summed E-state index contributed by atoms with van der Waals surface area (Å²) in [7, 11) is -3.56. The smallest absolute Gasteiger partial charge is 0.230 e. The van der Waals surface area contributed by atoms with E-state index in [1.54, 1.807) is 36.0 Å². The summed E-state index contributed by atoms with van der Waals surface area (Å²) in [6, 6.07) is 16.9. The molecule has 3 aromatic rings. The second kappa shape index (κ2) is 11.0. The number of carbonyl (C=O) groups excluding carboxylic acids is 1. The Bertz CT molecular complexity index is 1200. The van der Waals surface area contributed by atoms with Crippen LogP contribution < -0.4 is 5.32 Å². The van der Waals surface area contributed by atoms with Crippen molar-refractivity contribution in [3.05, 3.63) is 70.7 Å². The van der Waals surface area contributed by atoms with Gasteiger partial charge in [0.1, 0.15) is 0 Å². The lowest BCUT2D eigenvalue weighted by molar-refractivity contribution is -0.120. The van der Waals surface area contributed by atoms with E-state index in [-0.39, 0.29) is 18.2 Å². The second-order valence-corrected chi connectivity index (χ2v) is 12.3. The van der Waals surface area contributed by atoms with Crippen molar-refractivity contribution in [2.45, 2.75) is 28.7 Å². The van der Waals surface area contributed by atoms with Crippen LogP contribution in [0.15, 0.2) is 58.9 Å². The van der Waals surface area contributed by atoms with Gasteiger partial charge in [0, 0.05) is 23.9 Å². The fourth-order valence-electron chi connectivity index (χ4n) is 3.58. The maximum atomic E-state index is 12.9. The molecule has 2 heterocycles.